The fourth-order valence-corrected chi connectivity index (χ4v) is 3.21. The second-order valence-electron chi connectivity index (χ2n) is 5.28. The molecule has 0 saturated heterocycles. The number of hydrogen-bond donors (Lipinski definition) is 2. The molecular weight excluding hydrogens is 296 g/mol. The molecule has 0 saturated carbocycles. The molecule has 0 fully saturated rings. The lowest BCUT2D eigenvalue weighted by atomic mass is 10.2. The molecule has 0 aliphatic heterocycles. The van der Waals surface area contributed by atoms with Crippen LogP contribution in [0.2, 0.25) is 0 Å². The lowest BCUT2D eigenvalue weighted by molar-refractivity contribution is -0.139. The zero-order valence-corrected chi connectivity index (χ0v) is 13.9. The van der Waals surface area contributed by atoms with E-state index in [1.54, 1.807) is 6.92 Å². The fraction of sp³-hybridized carbons (Fsp3) is 0.846. The van der Waals surface area contributed by atoms with Crippen LogP contribution in [0.1, 0.15) is 47.0 Å². The van der Waals surface area contributed by atoms with Crippen molar-refractivity contribution in [2.24, 2.45) is 0 Å². The molecule has 0 spiro atoms. The highest BCUT2D eigenvalue weighted by atomic mass is 32.2. The average Bonchev–Trinajstić information content (AvgIpc) is 2.32. The molecule has 0 aliphatic rings. The van der Waals surface area contributed by atoms with E-state index in [0.29, 0.717) is 19.4 Å². The van der Waals surface area contributed by atoms with E-state index in [0.717, 1.165) is 0 Å². The number of carbonyl (C=O) groups is 2. The van der Waals surface area contributed by atoms with Crippen molar-refractivity contribution in [2.45, 2.75) is 59.0 Å². The SMILES string of the molecule is CCCS(=O)(=O)NC(C)C(=O)N(CCCC(=O)O)C(C)C. The molecular formula is C13H26N2O5S. The van der Waals surface area contributed by atoms with Crippen LogP contribution in [-0.4, -0.2) is 54.7 Å². The van der Waals surface area contributed by atoms with Crippen LogP contribution >= 0.6 is 0 Å². The van der Waals surface area contributed by atoms with Gasteiger partial charge in [0.1, 0.15) is 0 Å². The summed E-state index contributed by atoms with van der Waals surface area (Å²) in [5.74, 6) is -1.27. The van der Waals surface area contributed by atoms with Crippen LogP contribution in [0.5, 0.6) is 0 Å². The number of sulfonamides is 1. The van der Waals surface area contributed by atoms with Crippen LogP contribution in [-0.2, 0) is 19.6 Å². The Balaban J connectivity index is 4.69. The molecule has 2 N–H and O–H groups in total. The van der Waals surface area contributed by atoms with Crippen LogP contribution < -0.4 is 4.72 Å². The van der Waals surface area contributed by atoms with Crippen LogP contribution in [0.15, 0.2) is 0 Å². The van der Waals surface area contributed by atoms with Gasteiger partial charge in [0.2, 0.25) is 15.9 Å². The standard InChI is InChI=1S/C13H26N2O5S/c1-5-9-21(19,20)14-11(4)13(18)15(10(2)3)8-6-7-12(16)17/h10-11,14H,5-9H2,1-4H3,(H,16,17). The monoisotopic (exact) mass is 322 g/mol. The van der Waals surface area contributed by atoms with E-state index < -0.39 is 22.0 Å². The maximum absolute atomic E-state index is 12.3. The van der Waals surface area contributed by atoms with Gasteiger partial charge in [0.05, 0.1) is 11.8 Å². The van der Waals surface area contributed by atoms with E-state index in [1.165, 1.54) is 11.8 Å². The summed E-state index contributed by atoms with van der Waals surface area (Å²) in [4.78, 5) is 24.3. The molecule has 1 atom stereocenters. The minimum absolute atomic E-state index is 0.0214. The van der Waals surface area contributed by atoms with Gasteiger partial charge >= 0.3 is 5.97 Å². The van der Waals surface area contributed by atoms with Gasteiger partial charge in [-0.25, -0.2) is 13.1 Å². The molecule has 0 radical (unpaired) electrons. The summed E-state index contributed by atoms with van der Waals surface area (Å²) in [6.07, 6.45) is 0.795. The van der Waals surface area contributed by atoms with Crippen molar-refractivity contribution in [3.63, 3.8) is 0 Å². The lowest BCUT2D eigenvalue weighted by Crippen LogP contribution is -2.50. The average molecular weight is 322 g/mol. The summed E-state index contributed by atoms with van der Waals surface area (Å²) in [5.41, 5.74) is 0. The van der Waals surface area contributed by atoms with Crippen molar-refractivity contribution < 1.29 is 23.1 Å². The predicted octanol–water partition coefficient (Wildman–Crippen LogP) is 0.806. The summed E-state index contributed by atoms with van der Waals surface area (Å²) in [6.45, 7) is 7.17. The number of carboxylic acid groups (broad SMARTS) is 1. The smallest absolute Gasteiger partial charge is 0.303 e. The van der Waals surface area contributed by atoms with Gasteiger partial charge in [0, 0.05) is 19.0 Å². The first kappa shape index (κ1) is 19.9. The molecule has 7 nitrogen and oxygen atoms in total. The first-order chi connectivity index (χ1) is 9.60. The van der Waals surface area contributed by atoms with Gasteiger partial charge in [-0.2, -0.15) is 0 Å². The molecule has 124 valence electrons. The van der Waals surface area contributed by atoms with Gasteiger partial charge in [-0.05, 0) is 33.6 Å². The molecule has 0 aromatic carbocycles. The minimum atomic E-state index is -3.46. The molecule has 0 aromatic heterocycles. The molecule has 1 unspecified atom stereocenters. The number of amides is 1. The van der Waals surface area contributed by atoms with Crippen molar-refractivity contribution in [3.05, 3.63) is 0 Å². The Kier molecular flexibility index (Phi) is 8.50. The van der Waals surface area contributed by atoms with E-state index in [4.69, 9.17) is 5.11 Å². The van der Waals surface area contributed by atoms with E-state index in [1.807, 2.05) is 13.8 Å². The minimum Gasteiger partial charge on any atom is -0.481 e. The third kappa shape index (κ3) is 8.01. The predicted molar refractivity (Wildman–Crippen MR) is 80.4 cm³/mol. The third-order valence-electron chi connectivity index (χ3n) is 2.90. The maximum Gasteiger partial charge on any atom is 0.303 e. The fourth-order valence-electron chi connectivity index (χ4n) is 1.92. The first-order valence-corrected chi connectivity index (χ1v) is 8.78. The quantitative estimate of drug-likeness (QED) is 0.619. The Morgan fingerprint density at radius 3 is 2.24 bits per heavy atom. The highest BCUT2D eigenvalue weighted by Crippen LogP contribution is 2.06. The van der Waals surface area contributed by atoms with Crippen molar-refractivity contribution >= 4 is 21.9 Å². The Labute approximate surface area is 126 Å². The van der Waals surface area contributed by atoms with Gasteiger partial charge in [0.15, 0.2) is 0 Å². The Bertz CT molecular complexity index is 447. The summed E-state index contributed by atoms with van der Waals surface area (Å²) < 4.78 is 25.7. The van der Waals surface area contributed by atoms with Gasteiger partial charge in [-0.15, -0.1) is 0 Å². The van der Waals surface area contributed by atoms with Gasteiger partial charge in [-0.1, -0.05) is 6.92 Å². The highest BCUT2D eigenvalue weighted by molar-refractivity contribution is 7.89. The van der Waals surface area contributed by atoms with Crippen LogP contribution in [0.3, 0.4) is 0 Å². The van der Waals surface area contributed by atoms with Crippen LogP contribution in [0, 0.1) is 0 Å². The second-order valence-corrected chi connectivity index (χ2v) is 7.15. The van der Waals surface area contributed by atoms with Gasteiger partial charge in [0.25, 0.3) is 0 Å². The molecule has 0 bridgehead atoms. The normalized spacial score (nSPS) is 13.2. The van der Waals surface area contributed by atoms with Crippen LogP contribution in [0.4, 0.5) is 0 Å². The van der Waals surface area contributed by atoms with E-state index >= 15 is 0 Å². The Hall–Kier alpha value is -1.15. The van der Waals surface area contributed by atoms with Crippen molar-refractivity contribution in [1.82, 2.24) is 9.62 Å². The van der Waals surface area contributed by atoms with Crippen molar-refractivity contribution in [2.75, 3.05) is 12.3 Å². The van der Waals surface area contributed by atoms with E-state index in [2.05, 4.69) is 4.72 Å². The molecule has 0 rings (SSSR count). The number of nitrogens with zero attached hydrogens (tertiary/aromatic N) is 1. The van der Waals surface area contributed by atoms with Crippen LogP contribution in [0.25, 0.3) is 0 Å². The third-order valence-corrected chi connectivity index (χ3v) is 4.55. The second kappa shape index (κ2) is 8.99. The van der Waals surface area contributed by atoms with Crippen molar-refractivity contribution in [1.29, 1.82) is 0 Å². The number of carbonyl (C=O) groups excluding carboxylic acids is 1. The topological polar surface area (TPSA) is 104 Å². The summed E-state index contributed by atoms with van der Waals surface area (Å²) in [6, 6.07) is -0.974. The van der Waals surface area contributed by atoms with E-state index in [9.17, 15) is 18.0 Å². The van der Waals surface area contributed by atoms with Crippen molar-refractivity contribution in [3.8, 4) is 0 Å². The number of nitrogens with one attached hydrogen (secondary N) is 1. The Morgan fingerprint density at radius 2 is 1.81 bits per heavy atom. The summed E-state index contributed by atoms with van der Waals surface area (Å²) >= 11 is 0. The summed E-state index contributed by atoms with van der Waals surface area (Å²) in [7, 11) is -3.46. The largest absolute Gasteiger partial charge is 0.481 e. The van der Waals surface area contributed by atoms with Gasteiger partial charge < -0.3 is 10.0 Å². The molecule has 21 heavy (non-hydrogen) atoms. The number of rotatable bonds is 10. The maximum atomic E-state index is 12.3. The zero-order chi connectivity index (χ0) is 16.6. The number of carboxylic acids is 1. The number of hydrogen-bond acceptors (Lipinski definition) is 4. The summed E-state index contributed by atoms with van der Waals surface area (Å²) in [5, 5.41) is 8.63. The lowest BCUT2D eigenvalue weighted by Gasteiger charge is -2.29. The molecule has 0 aromatic rings. The zero-order valence-electron chi connectivity index (χ0n) is 13.1. The molecule has 8 heteroatoms. The molecule has 0 heterocycles. The number of aliphatic carboxylic acids is 1. The Morgan fingerprint density at radius 1 is 1.24 bits per heavy atom. The first-order valence-electron chi connectivity index (χ1n) is 7.13. The molecule has 1 amide bonds. The molecule has 0 aliphatic carbocycles. The van der Waals surface area contributed by atoms with E-state index in [-0.39, 0.29) is 24.1 Å². The highest BCUT2D eigenvalue weighted by Gasteiger charge is 2.25. The van der Waals surface area contributed by atoms with Gasteiger partial charge in [-0.3, -0.25) is 9.59 Å².